The number of esters is 1. The second-order valence-electron chi connectivity index (χ2n) is 7.67. The number of carbonyl (C=O) groups excluding carboxylic acids is 1. The highest BCUT2D eigenvalue weighted by Gasteiger charge is 2.54. The van der Waals surface area contributed by atoms with Crippen LogP contribution < -0.4 is 4.90 Å². The van der Waals surface area contributed by atoms with Gasteiger partial charge in [0.25, 0.3) is 0 Å². The van der Waals surface area contributed by atoms with Crippen LogP contribution in [0.3, 0.4) is 0 Å². The summed E-state index contributed by atoms with van der Waals surface area (Å²) >= 11 is 1.66. The van der Waals surface area contributed by atoms with E-state index >= 15 is 0 Å². The first-order valence-electron chi connectivity index (χ1n) is 9.86. The minimum atomic E-state index is -0.372. The summed E-state index contributed by atoms with van der Waals surface area (Å²) in [5.41, 5.74) is -0.372. The third-order valence-corrected chi connectivity index (χ3v) is 7.25. The third-order valence-electron chi connectivity index (χ3n) is 6.42. The maximum absolute atomic E-state index is 13.1. The lowest BCUT2D eigenvalue weighted by Crippen LogP contribution is -2.59. The first kappa shape index (κ1) is 18.2. The average Bonchev–Trinajstić information content (AvgIpc) is 3.23. The Morgan fingerprint density at radius 2 is 2.23 bits per heavy atom. The van der Waals surface area contributed by atoms with Crippen LogP contribution in [0.25, 0.3) is 0 Å². The molecule has 3 aliphatic rings. The van der Waals surface area contributed by atoms with E-state index in [0.717, 1.165) is 70.2 Å². The molecule has 0 N–H and O–H groups in total. The molecule has 2 saturated heterocycles. The van der Waals surface area contributed by atoms with Gasteiger partial charge in [-0.2, -0.15) is 0 Å². The quantitative estimate of drug-likeness (QED) is 0.749. The van der Waals surface area contributed by atoms with Crippen LogP contribution in [0.5, 0.6) is 0 Å². The molecule has 26 heavy (non-hydrogen) atoms. The minimum absolute atomic E-state index is 0.00619. The summed E-state index contributed by atoms with van der Waals surface area (Å²) in [7, 11) is 0. The van der Waals surface area contributed by atoms with Crippen LogP contribution in [0.1, 0.15) is 32.6 Å². The van der Waals surface area contributed by atoms with Crippen molar-refractivity contribution in [3.8, 4) is 0 Å². The molecule has 1 saturated carbocycles. The van der Waals surface area contributed by atoms with E-state index in [2.05, 4.69) is 14.8 Å². The fourth-order valence-corrected chi connectivity index (χ4v) is 5.72. The molecule has 1 aliphatic carbocycles. The van der Waals surface area contributed by atoms with Crippen LogP contribution in [-0.2, 0) is 14.3 Å². The predicted molar refractivity (Wildman–Crippen MR) is 102 cm³/mol. The molecule has 4 rings (SSSR count). The number of hydrogen-bond donors (Lipinski definition) is 0. The zero-order chi connectivity index (χ0) is 18.0. The van der Waals surface area contributed by atoms with Crippen LogP contribution in [0, 0.1) is 11.3 Å². The summed E-state index contributed by atoms with van der Waals surface area (Å²) in [6.07, 6.45) is 5.98. The van der Waals surface area contributed by atoms with E-state index in [4.69, 9.17) is 9.47 Å². The van der Waals surface area contributed by atoms with Crippen molar-refractivity contribution >= 4 is 22.4 Å². The standard InChI is InChI=1S/C19H29N3O3S/c1-2-25-17(23)19-5-3-16(21-8-10-24-11-9-21)13-15(19)4-7-22(14-19)18-20-6-12-26-18/h6,12,15-16H,2-5,7-11,13-14H2,1H3/t15-,16+,19-/m1/s1. The number of aromatic nitrogens is 1. The van der Waals surface area contributed by atoms with Crippen molar-refractivity contribution in [1.29, 1.82) is 0 Å². The number of piperidine rings is 1. The molecule has 0 spiro atoms. The Bertz CT molecular complexity index is 605. The molecule has 0 unspecified atom stereocenters. The van der Waals surface area contributed by atoms with E-state index in [1.165, 1.54) is 0 Å². The van der Waals surface area contributed by atoms with Gasteiger partial charge in [0.2, 0.25) is 0 Å². The van der Waals surface area contributed by atoms with E-state index in [9.17, 15) is 4.79 Å². The summed E-state index contributed by atoms with van der Waals surface area (Å²) < 4.78 is 11.1. The molecule has 0 aromatic carbocycles. The zero-order valence-electron chi connectivity index (χ0n) is 15.6. The number of morpholine rings is 1. The average molecular weight is 380 g/mol. The first-order valence-corrected chi connectivity index (χ1v) is 10.7. The number of fused-ring (bicyclic) bond motifs is 1. The number of nitrogens with zero attached hydrogens (tertiary/aromatic N) is 3. The number of anilines is 1. The highest BCUT2D eigenvalue weighted by atomic mass is 32.1. The van der Waals surface area contributed by atoms with Crippen molar-refractivity contribution in [3.05, 3.63) is 11.6 Å². The molecular formula is C19H29N3O3S. The molecule has 6 nitrogen and oxygen atoms in total. The van der Waals surface area contributed by atoms with Crippen LogP contribution >= 0.6 is 11.3 Å². The van der Waals surface area contributed by atoms with Crippen molar-refractivity contribution < 1.29 is 14.3 Å². The zero-order valence-corrected chi connectivity index (χ0v) is 16.4. The fraction of sp³-hybridized carbons (Fsp3) is 0.789. The summed E-state index contributed by atoms with van der Waals surface area (Å²) in [4.78, 5) is 22.4. The smallest absolute Gasteiger partial charge is 0.314 e. The molecule has 7 heteroatoms. The third kappa shape index (κ3) is 3.37. The maximum atomic E-state index is 13.1. The molecule has 0 bridgehead atoms. The van der Waals surface area contributed by atoms with Gasteiger partial charge in [-0.15, -0.1) is 11.3 Å². The van der Waals surface area contributed by atoms with E-state index < -0.39 is 0 Å². The summed E-state index contributed by atoms with van der Waals surface area (Å²) in [5, 5.41) is 3.04. The van der Waals surface area contributed by atoms with E-state index in [0.29, 0.717) is 18.6 Å². The highest BCUT2D eigenvalue weighted by Crippen LogP contribution is 2.49. The Balaban J connectivity index is 1.53. The summed E-state index contributed by atoms with van der Waals surface area (Å²) in [6, 6.07) is 0.581. The number of carbonyl (C=O) groups is 1. The van der Waals surface area contributed by atoms with Crippen molar-refractivity contribution in [2.24, 2.45) is 11.3 Å². The summed E-state index contributed by atoms with van der Waals surface area (Å²) in [6.45, 7) is 7.81. The molecule has 3 heterocycles. The van der Waals surface area contributed by atoms with Gasteiger partial charge in [-0.25, -0.2) is 4.98 Å². The van der Waals surface area contributed by atoms with Gasteiger partial charge < -0.3 is 14.4 Å². The molecular weight excluding hydrogens is 350 g/mol. The fourth-order valence-electron chi connectivity index (χ4n) is 5.05. The largest absolute Gasteiger partial charge is 0.466 e. The molecule has 144 valence electrons. The van der Waals surface area contributed by atoms with Gasteiger partial charge in [-0.05, 0) is 38.5 Å². The minimum Gasteiger partial charge on any atom is -0.466 e. The van der Waals surface area contributed by atoms with Crippen LogP contribution in [0.2, 0.25) is 0 Å². The Labute approximate surface area is 159 Å². The van der Waals surface area contributed by atoms with Gasteiger partial charge in [-0.3, -0.25) is 9.69 Å². The second kappa shape index (κ2) is 7.82. The SMILES string of the molecule is CCOC(=O)[C@@]12CC[C@H](N3CCOCC3)C[C@H]1CCN(c1nccs1)C2. The number of hydrogen-bond acceptors (Lipinski definition) is 7. The number of thiazole rings is 1. The van der Waals surface area contributed by atoms with Gasteiger partial charge in [-0.1, -0.05) is 0 Å². The van der Waals surface area contributed by atoms with Gasteiger partial charge >= 0.3 is 5.97 Å². The highest BCUT2D eigenvalue weighted by molar-refractivity contribution is 7.13. The molecule has 1 aromatic rings. The molecule has 0 radical (unpaired) electrons. The monoisotopic (exact) mass is 379 g/mol. The Hall–Kier alpha value is -1.18. The van der Waals surface area contributed by atoms with Crippen LogP contribution in [0.4, 0.5) is 5.13 Å². The second-order valence-corrected chi connectivity index (χ2v) is 8.55. The Kier molecular flexibility index (Phi) is 5.47. The van der Waals surface area contributed by atoms with E-state index in [1.54, 1.807) is 11.3 Å². The van der Waals surface area contributed by atoms with E-state index in [1.807, 2.05) is 18.5 Å². The maximum Gasteiger partial charge on any atom is 0.314 e. The van der Waals surface area contributed by atoms with Crippen molar-refractivity contribution in [2.45, 2.75) is 38.6 Å². The lowest BCUT2D eigenvalue weighted by molar-refractivity contribution is -0.164. The van der Waals surface area contributed by atoms with Crippen molar-refractivity contribution in [2.75, 3.05) is 50.9 Å². The molecule has 2 aliphatic heterocycles. The Morgan fingerprint density at radius 3 is 2.96 bits per heavy atom. The molecule has 3 atom stereocenters. The Morgan fingerprint density at radius 1 is 1.38 bits per heavy atom. The van der Waals surface area contributed by atoms with E-state index in [-0.39, 0.29) is 11.4 Å². The first-order chi connectivity index (χ1) is 12.7. The predicted octanol–water partition coefficient (Wildman–Crippen LogP) is 2.40. The normalized spacial score (nSPS) is 32.9. The topological polar surface area (TPSA) is 54.9 Å². The number of ether oxygens (including phenoxy) is 2. The van der Waals surface area contributed by atoms with Gasteiger partial charge in [0.15, 0.2) is 5.13 Å². The van der Waals surface area contributed by atoms with Crippen molar-refractivity contribution in [1.82, 2.24) is 9.88 Å². The van der Waals surface area contributed by atoms with Gasteiger partial charge in [0.1, 0.15) is 0 Å². The lowest BCUT2D eigenvalue weighted by atomic mass is 9.61. The lowest BCUT2D eigenvalue weighted by Gasteiger charge is -2.52. The van der Waals surface area contributed by atoms with Crippen molar-refractivity contribution in [3.63, 3.8) is 0 Å². The van der Waals surface area contributed by atoms with Gasteiger partial charge in [0, 0.05) is 43.8 Å². The number of rotatable bonds is 4. The van der Waals surface area contributed by atoms with Gasteiger partial charge in [0.05, 0.1) is 25.2 Å². The molecule has 1 aromatic heterocycles. The molecule has 3 fully saturated rings. The van der Waals surface area contributed by atoms with Crippen LogP contribution in [0.15, 0.2) is 11.6 Å². The van der Waals surface area contributed by atoms with Crippen LogP contribution in [-0.4, -0.2) is 67.9 Å². The molecule has 0 amide bonds. The summed E-state index contributed by atoms with van der Waals surface area (Å²) in [5.74, 6) is 0.408.